The molecule has 1 aromatic carbocycles. The molecule has 0 aliphatic heterocycles. The molecule has 0 atom stereocenters. The molecular weight excluding hydrogens is 194 g/mol. The lowest BCUT2D eigenvalue weighted by atomic mass is 9.85. The third-order valence-corrected chi connectivity index (χ3v) is 2.80. The molecule has 0 saturated carbocycles. The van der Waals surface area contributed by atoms with E-state index in [2.05, 4.69) is 57.3 Å². The Bertz CT molecular complexity index is 315. The van der Waals surface area contributed by atoms with Crippen LogP contribution in [0.2, 0.25) is 0 Å². The zero-order valence-electron chi connectivity index (χ0n) is 11.1. The third-order valence-electron chi connectivity index (χ3n) is 2.80. The Labute approximate surface area is 100 Å². The van der Waals surface area contributed by atoms with Crippen LogP contribution < -0.4 is 5.32 Å². The first-order valence-electron chi connectivity index (χ1n) is 6.30. The normalized spacial score (nSPS) is 11.8. The molecule has 0 spiro atoms. The highest BCUT2D eigenvalue weighted by atomic mass is 14.9. The Kier molecular flexibility index (Phi) is 5.01. The van der Waals surface area contributed by atoms with Crippen molar-refractivity contribution in [3.05, 3.63) is 35.4 Å². The van der Waals surface area contributed by atoms with Gasteiger partial charge in [0.15, 0.2) is 0 Å². The van der Waals surface area contributed by atoms with E-state index in [-0.39, 0.29) is 0 Å². The quantitative estimate of drug-likeness (QED) is 0.721. The predicted molar refractivity (Wildman–Crippen MR) is 71.8 cm³/mol. The maximum atomic E-state index is 3.51. The zero-order valence-corrected chi connectivity index (χ0v) is 11.1. The van der Waals surface area contributed by atoms with Gasteiger partial charge in [0, 0.05) is 6.54 Å². The standard InChI is InChI=1S/C15H25N/c1-5-9-16-12-15(3,4)11-14-8-6-7-13(2)10-14/h6-8,10,16H,5,9,11-12H2,1-4H3. The molecule has 0 heterocycles. The van der Waals surface area contributed by atoms with E-state index in [0.717, 1.165) is 19.5 Å². The highest BCUT2D eigenvalue weighted by Gasteiger charge is 2.17. The maximum absolute atomic E-state index is 3.51. The lowest BCUT2D eigenvalue weighted by Crippen LogP contribution is -2.31. The molecule has 16 heavy (non-hydrogen) atoms. The number of hydrogen-bond donors (Lipinski definition) is 1. The molecule has 1 heteroatoms. The van der Waals surface area contributed by atoms with Crippen LogP contribution in [-0.4, -0.2) is 13.1 Å². The Hall–Kier alpha value is -0.820. The van der Waals surface area contributed by atoms with Gasteiger partial charge in [-0.15, -0.1) is 0 Å². The summed E-state index contributed by atoms with van der Waals surface area (Å²) in [6.45, 7) is 11.2. The van der Waals surface area contributed by atoms with Crippen LogP contribution in [0.25, 0.3) is 0 Å². The number of benzene rings is 1. The van der Waals surface area contributed by atoms with Gasteiger partial charge >= 0.3 is 0 Å². The van der Waals surface area contributed by atoms with Gasteiger partial charge < -0.3 is 5.32 Å². The van der Waals surface area contributed by atoms with Crippen molar-refractivity contribution in [2.45, 2.75) is 40.5 Å². The predicted octanol–water partition coefficient (Wildman–Crippen LogP) is 3.56. The van der Waals surface area contributed by atoms with Crippen LogP contribution in [-0.2, 0) is 6.42 Å². The Morgan fingerprint density at radius 3 is 2.62 bits per heavy atom. The van der Waals surface area contributed by atoms with Crippen molar-refractivity contribution in [1.29, 1.82) is 0 Å². The van der Waals surface area contributed by atoms with Crippen LogP contribution in [0.5, 0.6) is 0 Å². The molecule has 1 nitrogen and oxygen atoms in total. The van der Waals surface area contributed by atoms with Crippen LogP contribution in [0, 0.1) is 12.3 Å². The van der Waals surface area contributed by atoms with Gasteiger partial charge in [0.1, 0.15) is 0 Å². The second-order valence-corrected chi connectivity index (χ2v) is 5.51. The third kappa shape index (κ3) is 4.80. The summed E-state index contributed by atoms with van der Waals surface area (Å²) in [6, 6.07) is 8.84. The topological polar surface area (TPSA) is 12.0 Å². The van der Waals surface area contributed by atoms with Crippen LogP contribution in [0.15, 0.2) is 24.3 Å². The van der Waals surface area contributed by atoms with Crippen LogP contribution in [0.4, 0.5) is 0 Å². The number of hydrogen-bond acceptors (Lipinski definition) is 1. The second-order valence-electron chi connectivity index (χ2n) is 5.51. The number of rotatable bonds is 6. The van der Waals surface area contributed by atoms with Gasteiger partial charge in [0.2, 0.25) is 0 Å². The van der Waals surface area contributed by atoms with E-state index in [4.69, 9.17) is 0 Å². The fourth-order valence-corrected chi connectivity index (χ4v) is 2.04. The fourth-order valence-electron chi connectivity index (χ4n) is 2.04. The van der Waals surface area contributed by atoms with Crippen LogP contribution in [0.3, 0.4) is 0 Å². The van der Waals surface area contributed by atoms with Crippen LogP contribution in [0.1, 0.15) is 38.3 Å². The minimum absolute atomic E-state index is 0.336. The van der Waals surface area contributed by atoms with Crippen molar-refractivity contribution in [3.63, 3.8) is 0 Å². The lowest BCUT2D eigenvalue weighted by molar-refractivity contribution is 0.339. The average molecular weight is 219 g/mol. The van der Waals surface area contributed by atoms with Gasteiger partial charge in [-0.2, -0.15) is 0 Å². The minimum atomic E-state index is 0.336. The van der Waals surface area contributed by atoms with E-state index in [1.807, 2.05) is 0 Å². The van der Waals surface area contributed by atoms with Crippen molar-refractivity contribution >= 4 is 0 Å². The molecule has 0 aliphatic carbocycles. The SMILES string of the molecule is CCCNCC(C)(C)Cc1cccc(C)c1. The maximum Gasteiger partial charge on any atom is 0.000570 e. The first-order valence-corrected chi connectivity index (χ1v) is 6.30. The van der Waals surface area contributed by atoms with E-state index in [1.54, 1.807) is 0 Å². The van der Waals surface area contributed by atoms with Gasteiger partial charge in [-0.25, -0.2) is 0 Å². The highest BCUT2D eigenvalue weighted by Crippen LogP contribution is 2.21. The average Bonchev–Trinajstić information content (AvgIpc) is 2.17. The molecule has 0 aromatic heterocycles. The summed E-state index contributed by atoms with van der Waals surface area (Å²) in [4.78, 5) is 0. The van der Waals surface area contributed by atoms with E-state index in [1.165, 1.54) is 17.5 Å². The van der Waals surface area contributed by atoms with Crippen LogP contribution >= 0.6 is 0 Å². The van der Waals surface area contributed by atoms with Gasteiger partial charge in [-0.05, 0) is 37.3 Å². The molecule has 1 rings (SSSR count). The summed E-state index contributed by atoms with van der Waals surface area (Å²) in [5.41, 5.74) is 3.14. The van der Waals surface area contributed by atoms with Gasteiger partial charge in [-0.1, -0.05) is 50.6 Å². The second kappa shape index (κ2) is 6.05. The summed E-state index contributed by atoms with van der Waals surface area (Å²) >= 11 is 0. The minimum Gasteiger partial charge on any atom is -0.316 e. The molecule has 0 amide bonds. The molecular formula is C15H25N. The highest BCUT2D eigenvalue weighted by molar-refractivity contribution is 5.23. The summed E-state index contributed by atoms with van der Waals surface area (Å²) in [7, 11) is 0. The summed E-state index contributed by atoms with van der Waals surface area (Å²) in [5, 5.41) is 3.51. The number of aryl methyl sites for hydroxylation is 1. The smallest absolute Gasteiger partial charge is 0.000570 e. The van der Waals surface area contributed by atoms with Crippen molar-refractivity contribution < 1.29 is 0 Å². The molecule has 0 radical (unpaired) electrons. The van der Waals surface area contributed by atoms with Crippen molar-refractivity contribution in [2.75, 3.05) is 13.1 Å². The molecule has 0 aliphatic rings. The van der Waals surface area contributed by atoms with Gasteiger partial charge in [0.25, 0.3) is 0 Å². The fraction of sp³-hybridized carbons (Fsp3) is 0.600. The van der Waals surface area contributed by atoms with E-state index >= 15 is 0 Å². The molecule has 0 bridgehead atoms. The van der Waals surface area contributed by atoms with E-state index in [9.17, 15) is 0 Å². The van der Waals surface area contributed by atoms with E-state index in [0.29, 0.717) is 5.41 Å². The monoisotopic (exact) mass is 219 g/mol. The van der Waals surface area contributed by atoms with Crippen molar-refractivity contribution in [3.8, 4) is 0 Å². The first kappa shape index (κ1) is 13.2. The molecule has 0 unspecified atom stereocenters. The molecule has 0 fully saturated rings. The first-order chi connectivity index (χ1) is 7.53. The molecule has 1 N–H and O–H groups in total. The summed E-state index contributed by atoms with van der Waals surface area (Å²) < 4.78 is 0. The summed E-state index contributed by atoms with van der Waals surface area (Å²) in [5.74, 6) is 0. The van der Waals surface area contributed by atoms with Gasteiger partial charge in [0.05, 0.1) is 0 Å². The largest absolute Gasteiger partial charge is 0.316 e. The Balaban J connectivity index is 2.51. The van der Waals surface area contributed by atoms with Gasteiger partial charge in [-0.3, -0.25) is 0 Å². The molecule has 0 saturated heterocycles. The Morgan fingerprint density at radius 2 is 2.00 bits per heavy atom. The lowest BCUT2D eigenvalue weighted by Gasteiger charge is -2.25. The summed E-state index contributed by atoms with van der Waals surface area (Å²) in [6.07, 6.45) is 2.35. The molecule has 1 aromatic rings. The van der Waals surface area contributed by atoms with Crippen molar-refractivity contribution in [1.82, 2.24) is 5.32 Å². The number of nitrogens with one attached hydrogen (secondary N) is 1. The van der Waals surface area contributed by atoms with E-state index < -0.39 is 0 Å². The van der Waals surface area contributed by atoms with Crippen molar-refractivity contribution in [2.24, 2.45) is 5.41 Å². The Morgan fingerprint density at radius 1 is 1.25 bits per heavy atom. The zero-order chi connectivity index (χ0) is 12.0. The molecule has 90 valence electrons.